The number of anilines is 1. The molecule has 1 heterocycles. The van der Waals surface area contributed by atoms with Crippen molar-refractivity contribution >= 4 is 11.5 Å². The van der Waals surface area contributed by atoms with E-state index in [0.717, 1.165) is 17.7 Å². The van der Waals surface area contributed by atoms with Gasteiger partial charge in [0.25, 0.3) is 5.69 Å². The quantitative estimate of drug-likeness (QED) is 0.499. The number of non-ortho nitro benzene ring substituents is 1. The molecule has 0 radical (unpaired) electrons. The number of nitro groups is 1. The third-order valence-corrected chi connectivity index (χ3v) is 4.17. The lowest BCUT2D eigenvalue weighted by Crippen LogP contribution is -2.00. The lowest BCUT2D eigenvalue weighted by atomic mass is 9.98. The summed E-state index contributed by atoms with van der Waals surface area (Å²) in [6, 6.07) is 17.3. The molecule has 140 valence electrons. The van der Waals surface area contributed by atoms with Crippen molar-refractivity contribution in [1.82, 2.24) is 4.98 Å². The molecule has 7 nitrogen and oxygen atoms in total. The van der Waals surface area contributed by atoms with E-state index in [9.17, 15) is 15.4 Å². The number of nitriles is 1. The SMILES string of the molecule is CCCOc1ccc(-c2cc(-c3ccc([N+](=O)[O-])cc3)nc(N)c2C#N)cc1. The van der Waals surface area contributed by atoms with Crippen molar-refractivity contribution in [2.24, 2.45) is 0 Å². The van der Waals surface area contributed by atoms with Gasteiger partial charge >= 0.3 is 0 Å². The topological polar surface area (TPSA) is 115 Å². The molecule has 0 aliphatic rings. The fraction of sp³-hybridized carbons (Fsp3) is 0.143. The Kier molecular flexibility index (Phi) is 5.51. The Morgan fingerprint density at radius 2 is 1.79 bits per heavy atom. The van der Waals surface area contributed by atoms with Gasteiger partial charge in [-0.25, -0.2) is 4.98 Å². The Balaban J connectivity index is 2.03. The molecule has 0 aliphatic heterocycles. The van der Waals surface area contributed by atoms with Gasteiger partial charge in [0.15, 0.2) is 0 Å². The highest BCUT2D eigenvalue weighted by Crippen LogP contribution is 2.32. The number of aromatic nitrogens is 1. The van der Waals surface area contributed by atoms with Crippen LogP contribution in [0.2, 0.25) is 0 Å². The first-order valence-electron chi connectivity index (χ1n) is 8.72. The summed E-state index contributed by atoms with van der Waals surface area (Å²) >= 11 is 0. The zero-order valence-corrected chi connectivity index (χ0v) is 15.3. The van der Waals surface area contributed by atoms with Crippen LogP contribution >= 0.6 is 0 Å². The second kappa shape index (κ2) is 8.18. The molecular formula is C21H18N4O3. The number of hydrogen-bond donors (Lipinski definition) is 1. The van der Waals surface area contributed by atoms with Gasteiger partial charge in [-0.15, -0.1) is 0 Å². The molecule has 0 unspecified atom stereocenters. The number of nitrogen functional groups attached to an aromatic ring is 1. The van der Waals surface area contributed by atoms with Crippen LogP contribution in [0.5, 0.6) is 5.75 Å². The third kappa shape index (κ3) is 3.91. The molecule has 28 heavy (non-hydrogen) atoms. The molecule has 2 aromatic carbocycles. The van der Waals surface area contributed by atoms with Crippen molar-refractivity contribution in [1.29, 1.82) is 5.26 Å². The summed E-state index contributed by atoms with van der Waals surface area (Å²) in [7, 11) is 0. The normalized spacial score (nSPS) is 10.3. The van der Waals surface area contributed by atoms with Gasteiger partial charge in [0, 0.05) is 23.3 Å². The number of nitrogens with zero attached hydrogens (tertiary/aromatic N) is 3. The largest absolute Gasteiger partial charge is 0.494 e. The highest BCUT2D eigenvalue weighted by Gasteiger charge is 2.14. The maximum Gasteiger partial charge on any atom is 0.269 e. The van der Waals surface area contributed by atoms with Crippen LogP contribution in [0.1, 0.15) is 18.9 Å². The van der Waals surface area contributed by atoms with Crippen LogP contribution < -0.4 is 10.5 Å². The van der Waals surface area contributed by atoms with E-state index in [1.54, 1.807) is 18.2 Å². The van der Waals surface area contributed by atoms with E-state index in [-0.39, 0.29) is 17.1 Å². The Morgan fingerprint density at radius 3 is 2.36 bits per heavy atom. The van der Waals surface area contributed by atoms with Crippen LogP contribution in [0.15, 0.2) is 54.6 Å². The van der Waals surface area contributed by atoms with E-state index >= 15 is 0 Å². The maximum absolute atomic E-state index is 10.8. The molecular weight excluding hydrogens is 356 g/mol. The first-order valence-corrected chi connectivity index (χ1v) is 8.72. The zero-order chi connectivity index (χ0) is 20.1. The molecule has 0 amide bonds. The van der Waals surface area contributed by atoms with Crippen LogP contribution in [-0.2, 0) is 0 Å². The zero-order valence-electron chi connectivity index (χ0n) is 15.3. The second-order valence-corrected chi connectivity index (χ2v) is 6.10. The molecule has 0 spiro atoms. The van der Waals surface area contributed by atoms with Gasteiger partial charge in [0.2, 0.25) is 0 Å². The van der Waals surface area contributed by atoms with Crippen LogP contribution in [0.25, 0.3) is 22.4 Å². The number of benzene rings is 2. The minimum Gasteiger partial charge on any atom is -0.494 e. The minimum atomic E-state index is -0.460. The van der Waals surface area contributed by atoms with Crippen molar-refractivity contribution in [2.45, 2.75) is 13.3 Å². The van der Waals surface area contributed by atoms with E-state index in [1.165, 1.54) is 12.1 Å². The highest BCUT2D eigenvalue weighted by molar-refractivity contribution is 5.80. The van der Waals surface area contributed by atoms with Gasteiger partial charge in [-0.2, -0.15) is 5.26 Å². The Bertz CT molecular complexity index is 1040. The maximum atomic E-state index is 10.8. The number of nitro benzene ring substituents is 1. The van der Waals surface area contributed by atoms with Crippen molar-refractivity contribution < 1.29 is 9.66 Å². The van der Waals surface area contributed by atoms with Gasteiger partial charge in [-0.05, 0) is 42.3 Å². The van der Waals surface area contributed by atoms with E-state index < -0.39 is 4.92 Å². The van der Waals surface area contributed by atoms with Crippen LogP contribution in [0.4, 0.5) is 11.5 Å². The average Bonchev–Trinajstić information content (AvgIpc) is 2.72. The van der Waals surface area contributed by atoms with E-state index in [2.05, 4.69) is 11.1 Å². The van der Waals surface area contributed by atoms with Gasteiger partial charge < -0.3 is 10.5 Å². The predicted octanol–water partition coefficient (Wildman–Crippen LogP) is 4.57. The fourth-order valence-corrected chi connectivity index (χ4v) is 2.76. The molecule has 0 saturated carbocycles. The van der Waals surface area contributed by atoms with Gasteiger partial charge in [0.1, 0.15) is 23.2 Å². The van der Waals surface area contributed by atoms with Gasteiger partial charge in [-0.1, -0.05) is 19.1 Å². The summed E-state index contributed by atoms with van der Waals surface area (Å²) in [5.74, 6) is 0.862. The van der Waals surface area contributed by atoms with Gasteiger partial charge in [0.05, 0.1) is 17.2 Å². The standard InChI is InChI=1S/C21H18N4O3/c1-2-11-28-17-9-5-14(6-10-17)18-12-20(24-21(23)19(18)13-22)15-3-7-16(8-4-15)25(26)27/h3-10,12H,2,11H2,1H3,(H2,23,24). The molecule has 0 saturated heterocycles. The molecule has 3 aromatic rings. The number of hydrogen-bond acceptors (Lipinski definition) is 6. The van der Waals surface area contributed by atoms with E-state index in [0.29, 0.717) is 23.4 Å². The van der Waals surface area contributed by atoms with Crippen molar-refractivity contribution in [3.63, 3.8) is 0 Å². The Morgan fingerprint density at radius 1 is 1.14 bits per heavy atom. The summed E-state index contributed by atoms with van der Waals surface area (Å²) in [5, 5.41) is 20.4. The second-order valence-electron chi connectivity index (χ2n) is 6.10. The number of rotatable bonds is 6. The molecule has 0 fully saturated rings. The van der Waals surface area contributed by atoms with Crippen molar-refractivity contribution in [3.8, 4) is 34.2 Å². The smallest absolute Gasteiger partial charge is 0.269 e. The Hall–Kier alpha value is -3.92. The number of nitrogens with two attached hydrogens (primary N) is 1. The van der Waals surface area contributed by atoms with Crippen LogP contribution in [0, 0.1) is 21.4 Å². The summed E-state index contributed by atoms with van der Waals surface area (Å²) < 4.78 is 5.59. The summed E-state index contributed by atoms with van der Waals surface area (Å²) in [5.41, 5.74) is 8.95. The monoisotopic (exact) mass is 374 g/mol. The molecule has 1 aromatic heterocycles. The Labute approximate surface area is 162 Å². The van der Waals surface area contributed by atoms with E-state index in [4.69, 9.17) is 10.5 Å². The highest BCUT2D eigenvalue weighted by atomic mass is 16.6. The van der Waals surface area contributed by atoms with Crippen molar-refractivity contribution in [3.05, 3.63) is 70.3 Å². The van der Waals surface area contributed by atoms with E-state index in [1.807, 2.05) is 31.2 Å². The van der Waals surface area contributed by atoms with Crippen LogP contribution in [0.3, 0.4) is 0 Å². The fourth-order valence-electron chi connectivity index (χ4n) is 2.76. The number of ether oxygens (including phenoxy) is 1. The molecule has 0 atom stereocenters. The number of pyridine rings is 1. The molecule has 0 aliphatic carbocycles. The summed E-state index contributed by atoms with van der Waals surface area (Å²) in [6.07, 6.45) is 0.916. The minimum absolute atomic E-state index is 0.00624. The lowest BCUT2D eigenvalue weighted by molar-refractivity contribution is -0.384. The molecule has 0 bridgehead atoms. The third-order valence-electron chi connectivity index (χ3n) is 4.17. The first kappa shape index (κ1) is 18.9. The summed E-state index contributed by atoms with van der Waals surface area (Å²) in [6.45, 7) is 2.67. The average molecular weight is 374 g/mol. The predicted molar refractivity (Wildman–Crippen MR) is 107 cm³/mol. The lowest BCUT2D eigenvalue weighted by Gasteiger charge is -2.11. The molecule has 7 heteroatoms. The summed E-state index contributed by atoms with van der Waals surface area (Å²) in [4.78, 5) is 14.7. The molecule has 2 N–H and O–H groups in total. The first-order chi connectivity index (χ1) is 13.5. The van der Waals surface area contributed by atoms with Crippen LogP contribution in [-0.4, -0.2) is 16.5 Å². The van der Waals surface area contributed by atoms with Crippen molar-refractivity contribution in [2.75, 3.05) is 12.3 Å². The van der Waals surface area contributed by atoms with Gasteiger partial charge in [-0.3, -0.25) is 10.1 Å². The molecule has 3 rings (SSSR count).